The molecule has 1 amide bonds. The van der Waals surface area contributed by atoms with Gasteiger partial charge in [0.15, 0.2) is 0 Å². The van der Waals surface area contributed by atoms with Crippen molar-refractivity contribution in [3.05, 3.63) is 36.0 Å². The van der Waals surface area contributed by atoms with E-state index in [1.807, 2.05) is 24.4 Å². The summed E-state index contributed by atoms with van der Waals surface area (Å²) in [4.78, 5) is 28.2. The maximum absolute atomic E-state index is 12.5. The van der Waals surface area contributed by atoms with Crippen molar-refractivity contribution in [1.82, 2.24) is 9.88 Å². The van der Waals surface area contributed by atoms with Crippen molar-refractivity contribution in [2.75, 3.05) is 13.1 Å². The number of hydrogen-bond acceptors (Lipinski definition) is 2. The van der Waals surface area contributed by atoms with E-state index in [1.54, 1.807) is 11.0 Å². The number of amides is 1. The first-order valence-corrected chi connectivity index (χ1v) is 6.74. The molecule has 1 aromatic heterocycles. The highest BCUT2D eigenvalue weighted by Gasteiger charge is 2.28. The van der Waals surface area contributed by atoms with Crippen molar-refractivity contribution in [1.29, 1.82) is 0 Å². The summed E-state index contributed by atoms with van der Waals surface area (Å²) in [5, 5.41) is 10.1. The maximum atomic E-state index is 12.5. The summed E-state index contributed by atoms with van der Waals surface area (Å²) in [6, 6.07) is 7.42. The van der Waals surface area contributed by atoms with E-state index in [-0.39, 0.29) is 5.91 Å². The van der Waals surface area contributed by atoms with Crippen LogP contribution in [-0.2, 0) is 4.79 Å². The molecule has 0 spiro atoms. The summed E-state index contributed by atoms with van der Waals surface area (Å²) in [6.45, 7) is 0.938. The minimum atomic E-state index is -0.816. The molecule has 1 fully saturated rings. The number of rotatable bonds is 2. The van der Waals surface area contributed by atoms with E-state index in [4.69, 9.17) is 5.11 Å². The third-order valence-corrected chi connectivity index (χ3v) is 3.86. The van der Waals surface area contributed by atoms with Crippen LogP contribution in [0.4, 0.5) is 0 Å². The van der Waals surface area contributed by atoms with E-state index in [0.717, 1.165) is 17.3 Å². The molecule has 1 atom stereocenters. The van der Waals surface area contributed by atoms with Crippen molar-refractivity contribution in [2.24, 2.45) is 5.92 Å². The molecule has 5 nitrogen and oxygen atoms in total. The Morgan fingerprint density at radius 1 is 1.30 bits per heavy atom. The van der Waals surface area contributed by atoms with E-state index in [1.165, 1.54) is 0 Å². The van der Waals surface area contributed by atoms with E-state index >= 15 is 0 Å². The van der Waals surface area contributed by atoms with Gasteiger partial charge in [0.05, 0.1) is 5.92 Å². The van der Waals surface area contributed by atoms with Gasteiger partial charge in [-0.15, -0.1) is 0 Å². The average Bonchev–Trinajstić information content (AvgIpc) is 2.94. The highest BCUT2D eigenvalue weighted by atomic mass is 16.4. The van der Waals surface area contributed by atoms with Gasteiger partial charge in [0.25, 0.3) is 5.91 Å². The number of aromatic nitrogens is 1. The Balaban J connectivity index is 1.82. The predicted octanol–water partition coefficient (Wildman–Crippen LogP) is 2.10. The van der Waals surface area contributed by atoms with Crippen molar-refractivity contribution >= 4 is 22.8 Å². The summed E-state index contributed by atoms with van der Waals surface area (Å²) in [6.07, 6.45) is 3.23. The lowest BCUT2D eigenvalue weighted by molar-refractivity contribution is -0.143. The Morgan fingerprint density at radius 2 is 2.15 bits per heavy atom. The summed E-state index contributed by atoms with van der Waals surface area (Å²) < 4.78 is 0. The molecule has 0 bridgehead atoms. The van der Waals surface area contributed by atoms with E-state index in [2.05, 4.69) is 4.98 Å². The summed E-state index contributed by atoms with van der Waals surface area (Å²) in [5.74, 6) is -1.34. The molecule has 1 unspecified atom stereocenters. The predicted molar refractivity (Wildman–Crippen MR) is 74.6 cm³/mol. The van der Waals surface area contributed by atoms with Gasteiger partial charge in [0.1, 0.15) is 0 Å². The molecule has 2 aromatic rings. The van der Waals surface area contributed by atoms with Crippen LogP contribution < -0.4 is 0 Å². The molecule has 3 rings (SSSR count). The van der Waals surface area contributed by atoms with E-state index < -0.39 is 11.9 Å². The zero-order chi connectivity index (χ0) is 14.1. The lowest BCUT2D eigenvalue weighted by atomic mass is 9.97. The Labute approximate surface area is 116 Å². The lowest BCUT2D eigenvalue weighted by Crippen LogP contribution is -2.42. The minimum Gasteiger partial charge on any atom is -0.481 e. The van der Waals surface area contributed by atoms with Crippen LogP contribution in [0.2, 0.25) is 0 Å². The third-order valence-electron chi connectivity index (χ3n) is 3.86. The van der Waals surface area contributed by atoms with Crippen molar-refractivity contribution < 1.29 is 14.7 Å². The smallest absolute Gasteiger partial charge is 0.308 e. The Bertz CT molecular complexity index is 662. The maximum Gasteiger partial charge on any atom is 0.308 e. The molecule has 0 saturated carbocycles. The van der Waals surface area contributed by atoms with Crippen molar-refractivity contribution in [2.45, 2.75) is 12.8 Å². The quantitative estimate of drug-likeness (QED) is 0.879. The monoisotopic (exact) mass is 272 g/mol. The van der Waals surface area contributed by atoms with E-state index in [0.29, 0.717) is 25.1 Å². The number of nitrogens with zero attached hydrogens (tertiary/aromatic N) is 1. The zero-order valence-corrected chi connectivity index (χ0v) is 11.0. The first-order valence-electron chi connectivity index (χ1n) is 6.74. The highest BCUT2D eigenvalue weighted by molar-refractivity contribution is 5.98. The Kier molecular flexibility index (Phi) is 3.18. The second kappa shape index (κ2) is 5.00. The molecule has 1 aliphatic heterocycles. The van der Waals surface area contributed by atoms with Gasteiger partial charge in [-0.05, 0) is 37.1 Å². The fourth-order valence-electron chi connectivity index (χ4n) is 2.73. The molecule has 2 heterocycles. The number of carbonyl (C=O) groups excluding carboxylic acids is 1. The number of carboxylic acid groups (broad SMARTS) is 1. The lowest BCUT2D eigenvalue weighted by Gasteiger charge is -2.30. The number of carboxylic acids is 1. The molecule has 1 aromatic carbocycles. The number of H-pyrrole nitrogens is 1. The van der Waals surface area contributed by atoms with Crippen LogP contribution in [0.3, 0.4) is 0 Å². The Hall–Kier alpha value is -2.30. The van der Waals surface area contributed by atoms with Crippen LogP contribution in [0.5, 0.6) is 0 Å². The molecule has 2 N–H and O–H groups in total. The molecule has 5 heteroatoms. The van der Waals surface area contributed by atoms with Crippen LogP contribution in [0.1, 0.15) is 23.2 Å². The first kappa shape index (κ1) is 12.7. The van der Waals surface area contributed by atoms with Gasteiger partial charge in [-0.3, -0.25) is 9.59 Å². The minimum absolute atomic E-state index is 0.0842. The summed E-state index contributed by atoms with van der Waals surface area (Å²) >= 11 is 0. The molecule has 0 radical (unpaired) electrons. The summed E-state index contributed by atoms with van der Waals surface area (Å²) in [5.41, 5.74) is 1.60. The number of benzene rings is 1. The SMILES string of the molecule is O=C(O)C1CCCN(C(=O)c2ccc3[nH]ccc3c2)C1. The molecule has 0 aliphatic carbocycles. The molecule has 1 saturated heterocycles. The third kappa shape index (κ3) is 2.27. The van der Waals surface area contributed by atoms with Crippen molar-refractivity contribution in [3.63, 3.8) is 0 Å². The highest BCUT2D eigenvalue weighted by Crippen LogP contribution is 2.21. The van der Waals surface area contributed by atoms with Crippen LogP contribution in [0.15, 0.2) is 30.5 Å². The second-order valence-electron chi connectivity index (χ2n) is 5.21. The van der Waals surface area contributed by atoms with Crippen molar-refractivity contribution in [3.8, 4) is 0 Å². The number of carbonyl (C=O) groups is 2. The van der Waals surface area contributed by atoms with Crippen LogP contribution in [-0.4, -0.2) is 40.0 Å². The second-order valence-corrected chi connectivity index (χ2v) is 5.21. The number of nitrogens with one attached hydrogen (secondary N) is 1. The molecule has 104 valence electrons. The standard InChI is InChI=1S/C15H16N2O3/c18-14(17-7-1-2-12(9-17)15(19)20)11-3-4-13-10(8-11)5-6-16-13/h3-6,8,12,16H,1-2,7,9H2,(H,19,20). The molecule has 1 aliphatic rings. The Morgan fingerprint density at radius 3 is 2.95 bits per heavy atom. The van der Waals surface area contributed by atoms with Gasteiger partial charge in [0.2, 0.25) is 0 Å². The van der Waals surface area contributed by atoms with Gasteiger partial charge < -0.3 is 15.0 Å². The fourth-order valence-corrected chi connectivity index (χ4v) is 2.73. The van der Waals surface area contributed by atoms with Crippen LogP contribution in [0, 0.1) is 5.92 Å². The van der Waals surface area contributed by atoms with Gasteiger partial charge in [-0.25, -0.2) is 0 Å². The average molecular weight is 272 g/mol. The largest absolute Gasteiger partial charge is 0.481 e. The normalized spacial score (nSPS) is 19.2. The first-order chi connectivity index (χ1) is 9.65. The molecular weight excluding hydrogens is 256 g/mol. The topological polar surface area (TPSA) is 73.4 Å². The van der Waals surface area contributed by atoms with Gasteiger partial charge in [0, 0.05) is 35.8 Å². The summed E-state index contributed by atoms with van der Waals surface area (Å²) in [7, 11) is 0. The van der Waals surface area contributed by atoms with Gasteiger partial charge in [-0.2, -0.15) is 0 Å². The molecular formula is C15H16N2O3. The van der Waals surface area contributed by atoms with Crippen LogP contribution >= 0.6 is 0 Å². The number of aliphatic carboxylic acids is 1. The number of hydrogen-bond donors (Lipinski definition) is 2. The number of fused-ring (bicyclic) bond motifs is 1. The van der Waals surface area contributed by atoms with Gasteiger partial charge in [-0.1, -0.05) is 0 Å². The fraction of sp³-hybridized carbons (Fsp3) is 0.333. The number of aromatic amines is 1. The number of piperidine rings is 1. The number of likely N-dealkylation sites (tertiary alicyclic amines) is 1. The van der Waals surface area contributed by atoms with Gasteiger partial charge >= 0.3 is 5.97 Å². The molecule has 20 heavy (non-hydrogen) atoms. The van der Waals surface area contributed by atoms with E-state index in [9.17, 15) is 9.59 Å². The van der Waals surface area contributed by atoms with Crippen LogP contribution in [0.25, 0.3) is 10.9 Å². The zero-order valence-electron chi connectivity index (χ0n) is 11.0.